The highest BCUT2D eigenvalue weighted by Crippen LogP contribution is 2.23. The Labute approximate surface area is 160 Å². The number of hydrogen-bond acceptors (Lipinski definition) is 3. The monoisotopic (exact) mass is 372 g/mol. The molecule has 0 saturated carbocycles. The van der Waals surface area contributed by atoms with Gasteiger partial charge in [-0.25, -0.2) is 0 Å². The predicted molar refractivity (Wildman–Crippen MR) is 106 cm³/mol. The van der Waals surface area contributed by atoms with E-state index in [9.17, 15) is 4.79 Å². The van der Waals surface area contributed by atoms with Crippen LogP contribution in [-0.4, -0.2) is 30.0 Å². The maximum atomic E-state index is 12.5. The maximum absolute atomic E-state index is 12.5. The molecule has 0 aromatic heterocycles. The van der Waals surface area contributed by atoms with Gasteiger partial charge in [0.1, 0.15) is 5.75 Å². The summed E-state index contributed by atoms with van der Waals surface area (Å²) in [7, 11) is 0. The first-order valence-corrected chi connectivity index (χ1v) is 9.44. The van der Waals surface area contributed by atoms with Crippen LogP contribution in [0.25, 0.3) is 0 Å². The first-order chi connectivity index (χ1) is 12.5. The van der Waals surface area contributed by atoms with Crippen LogP contribution in [0, 0.1) is 6.92 Å². The summed E-state index contributed by atoms with van der Waals surface area (Å²) in [6.45, 7) is 6.90. The number of nitrogens with one attached hydrogen (secondary N) is 1. The molecule has 138 valence electrons. The highest BCUT2D eigenvalue weighted by atomic mass is 35.5. The number of rotatable bonds is 6. The number of carbonyl (C=O) groups excluding carboxylic acids is 1. The van der Waals surface area contributed by atoms with Crippen molar-refractivity contribution >= 4 is 23.2 Å². The summed E-state index contributed by atoms with van der Waals surface area (Å²) in [5.41, 5.74) is 2.92. The Kier molecular flexibility index (Phi) is 6.17. The summed E-state index contributed by atoms with van der Waals surface area (Å²) in [6, 6.07) is 13.4. The maximum Gasteiger partial charge on any atom is 0.265 e. The van der Waals surface area contributed by atoms with Crippen molar-refractivity contribution in [1.29, 1.82) is 0 Å². The van der Waals surface area contributed by atoms with Crippen molar-refractivity contribution in [2.45, 2.75) is 39.3 Å². The first-order valence-electron chi connectivity index (χ1n) is 9.06. The molecule has 1 aliphatic rings. The molecule has 2 aromatic carbocycles. The number of halogens is 1. The van der Waals surface area contributed by atoms with Gasteiger partial charge in [-0.05, 0) is 81.2 Å². The standard InChI is InChI=1S/C21H25ClN2O2/c1-15-12-18(22)8-9-20(15)26-16(2)21(25)23-19-7-5-6-17(13-19)14-24-10-3-4-11-24/h5-9,12-13,16H,3-4,10-11,14H2,1-2H3,(H,23,25). The fourth-order valence-corrected chi connectivity index (χ4v) is 3.41. The van der Waals surface area contributed by atoms with Crippen LogP contribution in [-0.2, 0) is 11.3 Å². The second-order valence-electron chi connectivity index (χ2n) is 6.84. The smallest absolute Gasteiger partial charge is 0.265 e. The molecule has 1 fully saturated rings. The Morgan fingerprint density at radius 2 is 2.00 bits per heavy atom. The Morgan fingerprint density at radius 3 is 2.73 bits per heavy atom. The van der Waals surface area contributed by atoms with Crippen LogP contribution < -0.4 is 10.1 Å². The Bertz CT molecular complexity index is 772. The van der Waals surface area contributed by atoms with Crippen LogP contribution >= 0.6 is 11.6 Å². The minimum absolute atomic E-state index is 0.169. The van der Waals surface area contributed by atoms with Crippen LogP contribution in [0.1, 0.15) is 30.9 Å². The Hall–Kier alpha value is -2.04. The van der Waals surface area contributed by atoms with Crippen molar-refractivity contribution in [1.82, 2.24) is 4.90 Å². The zero-order valence-corrected chi connectivity index (χ0v) is 16.1. The van der Waals surface area contributed by atoms with E-state index in [0.29, 0.717) is 10.8 Å². The zero-order valence-electron chi connectivity index (χ0n) is 15.3. The van der Waals surface area contributed by atoms with Gasteiger partial charge in [-0.2, -0.15) is 0 Å². The molecule has 0 bridgehead atoms. The number of amides is 1. The van der Waals surface area contributed by atoms with Crippen molar-refractivity contribution in [2.75, 3.05) is 18.4 Å². The molecule has 4 nitrogen and oxygen atoms in total. The van der Waals surface area contributed by atoms with E-state index < -0.39 is 6.10 Å². The molecule has 26 heavy (non-hydrogen) atoms. The first kappa shape index (κ1) is 18.7. The van der Waals surface area contributed by atoms with Crippen molar-refractivity contribution in [2.24, 2.45) is 0 Å². The summed E-state index contributed by atoms with van der Waals surface area (Å²) in [4.78, 5) is 14.9. The summed E-state index contributed by atoms with van der Waals surface area (Å²) in [6.07, 6.45) is 1.95. The van der Waals surface area contributed by atoms with Gasteiger partial charge in [0.15, 0.2) is 6.10 Å². The van der Waals surface area contributed by atoms with Gasteiger partial charge in [0.2, 0.25) is 0 Å². The zero-order chi connectivity index (χ0) is 18.5. The van der Waals surface area contributed by atoms with Gasteiger partial charge in [-0.15, -0.1) is 0 Å². The fourth-order valence-electron chi connectivity index (χ4n) is 3.18. The van der Waals surface area contributed by atoms with Gasteiger partial charge in [0.25, 0.3) is 5.91 Å². The highest BCUT2D eigenvalue weighted by molar-refractivity contribution is 6.30. The average molecular weight is 373 g/mol. The van der Waals surface area contributed by atoms with Crippen LogP contribution in [0.4, 0.5) is 5.69 Å². The van der Waals surface area contributed by atoms with Crippen molar-refractivity contribution < 1.29 is 9.53 Å². The molecule has 0 radical (unpaired) electrons. The van der Waals surface area contributed by atoms with E-state index >= 15 is 0 Å². The van der Waals surface area contributed by atoms with Crippen molar-refractivity contribution in [3.8, 4) is 5.75 Å². The molecule has 3 rings (SSSR count). The molecule has 1 unspecified atom stereocenters. The van der Waals surface area contributed by atoms with Gasteiger partial charge in [-0.1, -0.05) is 23.7 Å². The summed E-state index contributed by atoms with van der Waals surface area (Å²) >= 11 is 5.96. The van der Waals surface area contributed by atoms with E-state index in [2.05, 4.69) is 16.3 Å². The van der Waals surface area contributed by atoms with E-state index in [-0.39, 0.29) is 5.91 Å². The lowest BCUT2D eigenvalue weighted by Crippen LogP contribution is -2.30. The minimum atomic E-state index is -0.600. The normalized spacial score (nSPS) is 15.7. The molecule has 5 heteroatoms. The van der Waals surface area contributed by atoms with Crippen molar-refractivity contribution in [3.05, 3.63) is 58.6 Å². The second-order valence-corrected chi connectivity index (χ2v) is 7.28. The van der Waals surface area contributed by atoms with Crippen LogP contribution in [0.15, 0.2) is 42.5 Å². The number of hydrogen-bond donors (Lipinski definition) is 1. The molecule has 2 aromatic rings. The van der Waals surface area contributed by atoms with Gasteiger partial charge in [-0.3, -0.25) is 9.69 Å². The largest absolute Gasteiger partial charge is 0.481 e. The lowest BCUT2D eigenvalue weighted by molar-refractivity contribution is -0.122. The SMILES string of the molecule is Cc1cc(Cl)ccc1OC(C)C(=O)Nc1cccc(CN2CCCC2)c1. The number of aryl methyl sites for hydroxylation is 1. The second kappa shape index (κ2) is 8.56. The lowest BCUT2D eigenvalue weighted by Gasteiger charge is -2.18. The molecule has 1 atom stereocenters. The third-order valence-corrected chi connectivity index (χ3v) is 4.84. The lowest BCUT2D eigenvalue weighted by atomic mass is 10.2. The fraction of sp³-hybridized carbons (Fsp3) is 0.381. The Balaban J connectivity index is 1.59. The van der Waals surface area contributed by atoms with Gasteiger partial charge in [0.05, 0.1) is 0 Å². The summed E-state index contributed by atoms with van der Waals surface area (Å²) in [5, 5.41) is 3.60. The molecular weight excluding hydrogens is 348 g/mol. The molecule has 1 N–H and O–H groups in total. The van der Waals surface area contributed by atoms with Gasteiger partial charge >= 0.3 is 0 Å². The van der Waals surface area contributed by atoms with E-state index in [1.54, 1.807) is 19.1 Å². The molecule has 1 amide bonds. The Morgan fingerprint density at radius 1 is 1.23 bits per heavy atom. The predicted octanol–water partition coefficient (Wildman–Crippen LogP) is 4.65. The van der Waals surface area contributed by atoms with Gasteiger partial charge < -0.3 is 10.1 Å². The minimum Gasteiger partial charge on any atom is -0.481 e. The third kappa shape index (κ3) is 4.99. The van der Waals surface area contributed by atoms with E-state index in [1.807, 2.05) is 31.2 Å². The van der Waals surface area contributed by atoms with E-state index in [0.717, 1.165) is 30.9 Å². The number of benzene rings is 2. The number of anilines is 1. The summed E-state index contributed by atoms with van der Waals surface area (Å²) in [5.74, 6) is 0.498. The van der Waals surface area contributed by atoms with Crippen LogP contribution in [0.5, 0.6) is 5.75 Å². The molecule has 1 saturated heterocycles. The number of likely N-dealkylation sites (tertiary alicyclic amines) is 1. The van der Waals surface area contributed by atoms with Crippen molar-refractivity contribution in [3.63, 3.8) is 0 Å². The number of ether oxygens (including phenoxy) is 1. The number of nitrogens with zero attached hydrogens (tertiary/aromatic N) is 1. The van der Waals surface area contributed by atoms with Gasteiger partial charge in [0, 0.05) is 17.3 Å². The van der Waals surface area contributed by atoms with E-state index in [1.165, 1.54) is 18.4 Å². The third-order valence-electron chi connectivity index (χ3n) is 4.61. The van der Waals surface area contributed by atoms with E-state index in [4.69, 9.17) is 16.3 Å². The molecule has 0 aliphatic carbocycles. The topological polar surface area (TPSA) is 41.6 Å². The molecule has 0 spiro atoms. The van der Waals surface area contributed by atoms with Crippen LogP contribution in [0.3, 0.4) is 0 Å². The molecular formula is C21H25ClN2O2. The quantitative estimate of drug-likeness (QED) is 0.802. The molecule has 1 heterocycles. The highest BCUT2D eigenvalue weighted by Gasteiger charge is 2.17. The summed E-state index contributed by atoms with van der Waals surface area (Å²) < 4.78 is 5.79. The number of carbonyl (C=O) groups is 1. The average Bonchev–Trinajstić information content (AvgIpc) is 3.10. The van der Waals surface area contributed by atoms with Crippen LogP contribution in [0.2, 0.25) is 5.02 Å². The molecule has 1 aliphatic heterocycles.